The van der Waals surface area contributed by atoms with Gasteiger partial charge in [-0.1, -0.05) is 34.8 Å². The average Bonchev–Trinajstić information content (AvgIpc) is 2.03. The zero-order valence-corrected chi connectivity index (χ0v) is 8.34. The Morgan fingerprint density at radius 1 is 1.38 bits per heavy atom. The number of alkyl halides is 3. The van der Waals surface area contributed by atoms with Crippen LogP contribution in [0.2, 0.25) is 0 Å². The third kappa shape index (κ3) is 2.69. The molecule has 1 rings (SSSR count). The van der Waals surface area contributed by atoms with Crippen molar-refractivity contribution in [3.63, 3.8) is 0 Å². The van der Waals surface area contributed by atoms with Crippen LogP contribution in [-0.2, 0) is 3.79 Å². The molecule has 0 spiro atoms. The zero-order valence-electron chi connectivity index (χ0n) is 6.08. The molecule has 4 nitrogen and oxygen atoms in total. The molecule has 0 aliphatic heterocycles. The predicted octanol–water partition coefficient (Wildman–Crippen LogP) is 2.82. The summed E-state index contributed by atoms with van der Waals surface area (Å²) in [6, 6.07) is 1.17. The fourth-order valence-corrected chi connectivity index (χ4v) is 0.993. The van der Waals surface area contributed by atoms with Crippen LogP contribution in [0.4, 0.5) is 5.69 Å². The molecule has 1 aromatic heterocycles. The summed E-state index contributed by atoms with van der Waals surface area (Å²) in [5.74, 6) is 0. The van der Waals surface area contributed by atoms with Gasteiger partial charge in [-0.2, -0.15) is 0 Å². The third-order valence-corrected chi connectivity index (χ3v) is 1.92. The molecule has 0 saturated heterocycles. The molecule has 0 fully saturated rings. The summed E-state index contributed by atoms with van der Waals surface area (Å²) in [7, 11) is 0. The van der Waals surface area contributed by atoms with Crippen molar-refractivity contribution in [3.8, 4) is 0 Å². The van der Waals surface area contributed by atoms with E-state index in [0.717, 1.165) is 6.20 Å². The first-order valence-electron chi connectivity index (χ1n) is 3.08. The number of halogens is 3. The van der Waals surface area contributed by atoms with Crippen LogP contribution in [0.5, 0.6) is 0 Å². The molecule has 0 atom stereocenters. The number of hydrogen-bond acceptors (Lipinski definition) is 3. The van der Waals surface area contributed by atoms with E-state index in [-0.39, 0.29) is 11.3 Å². The maximum absolute atomic E-state index is 10.3. The van der Waals surface area contributed by atoms with Crippen LogP contribution in [0.1, 0.15) is 5.56 Å². The Labute approximate surface area is 88.6 Å². The molecule has 0 amide bonds. The molecule has 0 N–H and O–H groups in total. The quantitative estimate of drug-likeness (QED) is 0.431. The van der Waals surface area contributed by atoms with Crippen molar-refractivity contribution in [1.82, 2.24) is 4.98 Å². The number of aromatic nitrogens is 1. The minimum atomic E-state index is -1.68. The van der Waals surface area contributed by atoms with Gasteiger partial charge in [-0.05, 0) is 0 Å². The van der Waals surface area contributed by atoms with Crippen LogP contribution < -0.4 is 0 Å². The normalized spacial score (nSPS) is 11.3. The Morgan fingerprint density at radius 2 is 2.00 bits per heavy atom. The van der Waals surface area contributed by atoms with E-state index in [2.05, 4.69) is 4.98 Å². The monoisotopic (exact) mass is 240 g/mol. The molecule has 0 saturated carbocycles. The SMILES string of the molecule is O=[N+]([O-])c1cncc(C(Cl)(Cl)Cl)c1. The number of hydrogen-bond donors (Lipinski definition) is 0. The van der Waals surface area contributed by atoms with E-state index in [9.17, 15) is 10.1 Å². The summed E-state index contributed by atoms with van der Waals surface area (Å²) in [6.07, 6.45) is 2.35. The van der Waals surface area contributed by atoms with Gasteiger partial charge in [-0.25, -0.2) is 0 Å². The number of rotatable bonds is 1. The summed E-state index contributed by atoms with van der Waals surface area (Å²) in [6.45, 7) is 0. The lowest BCUT2D eigenvalue weighted by atomic mass is 10.3. The Balaban J connectivity index is 3.13. The van der Waals surface area contributed by atoms with E-state index >= 15 is 0 Å². The van der Waals surface area contributed by atoms with Crippen LogP contribution in [0, 0.1) is 10.1 Å². The number of pyridine rings is 1. The van der Waals surface area contributed by atoms with Crippen LogP contribution in [0.3, 0.4) is 0 Å². The lowest BCUT2D eigenvalue weighted by Gasteiger charge is -2.08. The summed E-state index contributed by atoms with van der Waals surface area (Å²) in [4.78, 5) is 13.3. The van der Waals surface area contributed by atoms with Crippen molar-refractivity contribution in [3.05, 3.63) is 34.1 Å². The van der Waals surface area contributed by atoms with Crippen LogP contribution >= 0.6 is 34.8 Å². The Bertz CT molecular complexity index is 337. The fraction of sp³-hybridized carbons (Fsp3) is 0.167. The van der Waals surface area contributed by atoms with E-state index in [1.54, 1.807) is 0 Å². The van der Waals surface area contributed by atoms with Gasteiger partial charge in [0.25, 0.3) is 5.69 Å². The van der Waals surface area contributed by atoms with Crippen molar-refractivity contribution in [1.29, 1.82) is 0 Å². The molecule has 7 heteroatoms. The molecule has 0 bridgehead atoms. The van der Waals surface area contributed by atoms with Crippen molar-refractivity contribution >= 4 is 40.5 Å². The second-order valence-corrected chi connectivity index (χ2v) is 4.47. The van der Waals surface area contributed by atoms with E-state index in [0.29, 0.717) is 0 Å². The number of nitrogens with zero attached hydrogens (tertiary/aromatic N) is 2. The minimum absolute atomic E-state index is 0.173. The van der Waals surface area contributed by atoms with Gasteiger partial charge in [0.1, 0.15) is 6.20 Å². The predicted molar refractivity (Wildman–Crippen MR) is 50.1 cm³/mol. The van der Waals surface area contributed by atoms with Crippen LogP contribution in [0.15, 0.2) is 18.5 Å². The summed E-state index contributed by atoms with van der Waals surface area (Å²) in [5, 5.41) is 10.3. The van der Waals surface area contributed by atoms with Gasteiger partial charge in [-0.15, -0.1) is 0 Å². The Hall–Kier alpha value is -0.580. The highest BCUT2D eigenvalue weighted by Crippen LogP contribution is 2.38. The molecule has 0 unspecified atom stereocenters. The van der Waals surface area contributed by atoms with Gasteiger partial charge in [0.15, 0.2) is 0 Å². The van der Waals surface area contributed by atoms with Gasteiger partial charge in [0.05, 0.1) is 4.92 Å². The van der Waals surface area contributed by atoms with E-state index in [1.165, 1.54) is 12.3 Å². The molecular formula is C6H3Cl3N2O2. The van der Waals surface area contributed by atoms with Gasteiger partial charge >= 0.3 is 0 Å². The average molecular weight is 241 g/mol. The largest absolute Gasteiger partial charge is 0.287 e. The van der Waals surface area contributed by atoms with Crippen molar-refractivity contribution in [2.24, 2.45) is 0 Å². The summed E-state index contributed by atoms with van der Waals surface area (Å²) >= 11 is 16.5. The molecule has 1 aromatic rings. The third-order valence-electron chi connectivity index (χ3n) is 1.26. The van der Waals surface area contributed by atoms with Gasteiger partial charge in [0.2, 0.25) is 3.79 Å². The smallest absolute Gasteiger partial charge is 0.258 e. The highest BCUT2D eigenvalue weighted by Gasteiger charge is 2.25. The second-order valence-electron chi connectivity index (χ2n) is 2.19. The van der Waals surface area contributed by atoms with E-state index in [1.807, 2.05) is 0 Å². The maximum Gasteiger partial charge on any atom is 0.287 e. The lowest BCUT2D eigenvalue weighted by molar-refractivity contribution is -0.385. The highest BCUT2D eigenvalue weighted by molar-refractivity contribution is 6.66. The van der Waals surface area contributed by atoms with Gasteiger partial charge in [0, 0.05) is 17.8 Å². The Morgan fingerprint density at radius 3 is 2.46 bits per heavy atom. The molecule has 0 aliphatic carbocycles. The summed E-state index contributed by atoms with van der Waals surface area (Å²) < 4.78 is -1.68. The molecule has 70 valence electrons. The zero-order chi connectivity index (χ0) is 10.1. The van der Waals surface area contributed by atoms with Crippen molar-refractivity contribution < 1.29 is 4.92 Å². The van der Waals surface area contributed by atoms with Crippen LogP contribution in [-0.4, -0.2) is 9.91 Å². The molecule has 13 heavy (non-hydrogen) atoms. The minimum Gasteiger partial charge on any atom is -0.258 e. The maximum atomic E-state index is 10.3. The summed E-state index contributed by atoms with van der Waals surface area (Å²) in [5.41, 5.74) is -0.0319. The molecule has 0 aliphatic rings. The molecule has 1 heterocycles. The highest BCUT2D eigenvalue weighted by atomic mass is 35.6. The Kier molecular flexibility index (Phi) is 2.95. The van der Waals surface area contributed by atoms with Gasteiger partial charge in [-0.3, -0.25) is 15.1 Å². The number of nitro groups is 1. The molecule has 0 aromatic carbocycles. The van der Waals surface area contributed by atoms with Crippen molar-refractivity contribution in [2.45, 2.75) is 3.79 Å². The molecular weight excluding hydrogens is 238 g/mol. The molecule has 0 radical (unpaired) electrons. The lowest BCUT2D eigenvalue weighted by Crippen LogP contribution is -2.01. The van der Waals surface area contributed by atoms with Gasteiger partial charge < -0.3 is 0 Å². The second kappa shape index (κ2) is 3.65. The van der Waals surface area contributed by atoms with E-state index < -0.39 is 8.72 Å². The van der Waals surface area contributed by atoms with E-state index in [4.69, 9.17) is 34.8 Å². The first-order chi connectivity index (χ1) is 5.91. The fourth-order valence-electron chi connectivity index (χ4n) is 0.683. The topological polar surface area (TPSA) is 56.0 Å². The standard InChI is InChI=1S/C6H3Cl3N2O2/c7-6(8,9)4-1-5(11(12)13)3-10-2-4/h1-3H. The first-order valence-corrected chi connectivity index (χ1v) is 4.21. The van der Waals surface area contributed by atoms with Crippen molar-refractivity contribution in [2.75, 3.05) is 0 Å². The van der Waals surface area contributed by atoms with Crippen LogP contribution in [0.25, 0.3) is 0 Å². The first kappa shape index (κ1) is 10.5.